The van der Waals surface area contributed by atoms with Crippen molar-refractivity contribution in [1.29, 1.82) is 0 Å². The predicted molar refractivity (Wildman–Crippen MR) is 65.9 cm³/mol. The van der Waals surface area contributed by atoms with Gasteiger partial charge in [-0.15, -0.1) is 0 Å². The standard InChI is InChI=1S/C13H19FN2/c1-8-4-12(11(15)5-10(8)14)16-7-9-6-13(9,2)3/h4-5,9,16H,6-7,15H2,1-3H3. The van der Waals surface area contributed by atoms with Crippen LogP contribution in [0.25, 0.3) is 0 Å². The molecule has 1 unspecified atom stereocenters. The molecule has 2 nitrogen and oxygen atoms in total. The Morgan fingerprint density at radius 1 is 1.50 bits per heavy atom. The van der Waals surface area contributed by atoms with Gasteiger partial charge in [0.15, 0.2) is 0 Å². The normalized spacial score (nSPS) is 21.9. The maximum atomic E-state index is 13.2. The van der Waals surface area contributed by atoms with Crippen molar-refractivity contribution >= 4 is 11.4 Å². The molecule has 0 heterocycles. The van der Waals surface area contributed by atoms with Gasteiger partial charge in [0.05, 0.1) is 11.4 Å². The second kappa shape index (κ2) is 3.65. The molecule has 1 aromatic rings. The number of nitrogens with one attached hydrogen (secondary N) is 1. The van der Waals surface area contributed by atoms with E-state index in [0.29, 0.717) is 22.6 Å². The fourth-order valence-electron chi connectivity index (χ4n) is 2.01. The van der Waals surface area contributed by atoms with Crippen LogP contribution in [0.1, 0.15) is 25.8 Å². The van der Waals surface area contributed by atoms with Crippen LogP contribution < -0.4 is 11.1 Å². The third-order valence-electron chi connectivity index (χ3n) is 3.59. The van der Waals surface area contributed by atoms with Crippen molar-refractivity contribution < 1.29 is 4.39 Å². The number of hydrogen-bond donors (Lipinski definition) is 2. The van der Waals surface area contributed by atoms with E-state index >= 15 is 0 Å². The third-order valence-corrected chi connectivity index (χ3v) is 3.59. The summed E-state index contributed by atoms with van der Waals surface area (Å²) in [4.78, 5) is 0. The van der Waals surface area contributed by atoms with Gasteiger partial charge >= 0.3 is 0 Å². The molecule has 3 heteroatoms. The van der Waals surface area contributed by atoms with Crippen molar-refractivity contribution in [2.45, 2.75) is 27.2 Å². The van der Waals surface area contributed by atoms with E-state index in [0.717, 1.165) is 12.2 Å². The van der Waals surface area contributed by atoms with Crippen LogP contribution in [-0.4, -0.2) is 6.54 Å². The first-order valence-corrected chi connectivity index (χ1v) is 5.69. The van der Waals surface area contributed by atoms with Gasteiger partial charge in [-0.1, -0.05) is 13.8 Å². The lowest BCUT2D eigenvalue weighted by molar-refractivity contribution is 0.573. The highest BCUT2D eigenvalue weighted by atomic mass is 19.1. The van der Waals surface area contributed by atoms with E-state index in [4.69, 9.17) is 5.73 Å². The number of nitrogens with two attached hydrogens (primary N) is 1. The molecule has 0 amide bonds. The first-order chi connectivity index (χ1) is 7.40. The second-order valence-electron chi connectivity index (χ2n) is 5.46. The van der Waals surface area contributed by atoms with Crippen LogP contribution in [0.3, 0.4) is 0 Å². The summed E-state index contributed by atoms with van der Waals surface area (Å²) in [6.07, 6.45) is 1.25. The number of nitrogen functional groups attached to an aromatic ring is 1. The first kappa shape index (κ1) is 11.2. The van der Waals surface area contributed by atoms with Crippen LogP contribution in [0.4, 0.5) is 15.8 Å². The first-order valence-electron chi connectivity index (χ1n) is 5.69. The lowest BCUT2D eigenvalue weighted by atomic mass is 10.1. The molecule has 0 radical (unpaired) electrons. The molecule has 0 spiro atoms. The molecule has 0 bridgehead atoms. The summed E-state index contributed by atoms with van der Waals surface area (Å²) in [7, 11) is 0. The zero-order chi connectivity index (χ0) is 11.9. The summed E-state index contributed by atoms with van der Waals surface area (Å²) in [5.41, 5.74) is 8.18. The minimum absolute atomic E-state index is 0.241. The molecular weight excluding hydrogens is 203 g/mol. The topological polar surface area (TPSA) is 38.0 Å². The van der Waals surface area contributed by atoms with Crippen LogP contribution in [0.2, 0.25) is 0 Å². The number of hydrogen-bond acceptors (Lipinski definition) is 2. The minimum Gasteiger partial charge on any atom is -0.397 e. The Balaban J connectivity index is 2.02. The fraction of sp³-hybridized carbons (Fsp3) is 0.538. The van der Waals surface area contributed by atoms with Gasteiger partial charge in [-0.2, -0.15) is 0 Å². The van der Waals surface area contributed by atoms with Crippen molar-refractivity contribution in [2.24, 2.45) is 11.3 Å². The molecule has 1 aliphatic rings. The van der Waals surface area contributed by atoms with E-state index in [9.17, 15) is 4.39 Å². The summed E-state index contributed by atoms with van der Waals surface area (Å²) in [5.74, 6) is 0.465. The van der Waals surface area contributed by atoms with Crippen LogP contribution in [0.5, 0.6) is 0 Å². The summed E-state index contributed by atoms with van der Waals surface area (Å²) in [6, 6.07) is 3.16. The molecule has 0 saturated heterocycles. The Morgan fingerprint density at radius 3 is 2.69 bits per heavy atom. The van der Waals surface area contributed by atoms with E-state index in [1.807, 2.05) is 0 Å². The van der Waals surface area contributed by atoms with Gasteiger partial charge in [-0.25, -0.2) is 4.39 Å². The monoisotopic (exact) mass is 222 g/mol. The van der Waals surface area contributed by atoms with Crippen LogP contribution >= 0.6 is 0 Å². The van der Waals surface area contributed by atoms with Crippen molar-refractivity contribution in [2.75, 3.05) is 17.6 Å². The zero-order valence-electron chi connectivity index (χ0n) is 10.1. The SMILES string of the molecule is Cc1cc(NCC2CC2(C)C)c(N)cc1F. The van der Waals surface area contributed by atoms with E-state index in [1.54, 1.807) is 13.0 Å². The number of benzene rings is 1. The zero-order valence-corrected chi connectivity index (χ0v) is 10.1. The summed E-state index contributed by atoms with van der Waals surface area (Å²) < 4.78 is 13.2. The molecule has 0 aliphatic heterocycles. The Bertz CT molecular complexity index is 413. The molecule has 1 aliphatic carbocycles. The lowest BCUT2D eigenvalue weighted by Gasteiger charge is -2.11. The number of anilines is 2. The fourth-order valence-corrected chi connectivity index (χ4v) is 2.01. The summed E-state index contributed by atoms with van der Waals surface area (Å²) in [6.45, 7) is 7.19. The van der Waals surface area contributed by atoms with Gasteiger partial charge in [0, 0.05) is 6.54 Å². The van der Waals surface area contributed by atoms with Crippen LogP contribution in [-0.2, 0) is 0 Å². The predicted octanol–water partition coefficient (Wildman–Crippen LogP) is 3.17. The quantitative estimate of drug-likeness (QED) is 0.771. The van der Waals surface area contributed by atoms with E-state index in [-0.39, 0.29) is 5.82 Å². The molecule has 0 aromatic heterocycles. The van der Waals surface area contributed by atoms with Crippen molar-refractivity contribution in [3.05, 3.63) is 23.5 Å². The van der Waals surface area contributed by atoms with E-state index in [1.165, 1.54) is 12.5 Å². The molecular formula is C13H19FN2. The third kappa shape index (κ3) is 2.13. The maximum Gasteiger partial charge on any atom is 0.128 e. The van der Waals surface area contributed by atoms with Crippen molar-refractivity contribution in [3.8, 4) is 0 Å². The molecule has 88 valence electrons. The van der Waals surface area contributed by atoms with Gasteiger partial charge in [0.2, 0.25) is 0 Å². The van der Waals surface area contributed by atoms with Crippen LogP contribution in [0, 0.1) is 24.1 Å². The molecule has 3 N–H and O–H groups in total. The molecule has 2 rings (SSSR count). The second-order valence-corrected chi connectivity index (χ2v) is 5.46. The highest BCUT2D eigenvalue weighted by molar-refractivity contribution is 5.67. The average Bonchev–Trinajstić information content (AvgIpc) is 2.78. The molecule has 1 fully saturated rings. The molecule has 16 heavy (non-hydrogen) atoms. The number of halogens is 1. The Morgan fingerprint density at radius 2 is 2.12 bits per heavy atom. The highest BCUT2D eigenvalue weighted by Crippen LogP contribution is 2.51. The maximum absolute atomic E-state index is 13.2. The Kier molecular flexibility index (Phi) is 2.56. The molecule has 1 atom stereocenters. The van der Waals surface area contributed by atoms with Gasteiger partial charge in [0.1, 0.15) is 5.82 Å². The molecule has 1 saturated carbocycles. The molecule has 1 aromatic carbocycles. The summed E-state index contributed by atoms with van der Waals surface area (Å²) in [5, 5.41) is 3.31. The Labute approximate surface area is 96.0 Å². The van der Waals surface area contributed by atoms with Crippen molar-refractivity contribution in [1.82, 2.24) is 0 Å². The Hall–Kier alpha value is -1.25. The minimum atomic E-state index is -0.241. The largest absolute Gasteiger partial charge is 0.397 e. The van der Waals surface area contributed by atoms with Crippen molar-refractivity contribution in [3.63, 3.8) is 0 Å². The van der Waals surface area contributed by atoms with E-state index in [2.05, 4.69) is 19.2 Å². The number of aryl methyl sites for hydroxylation is 1. The van der Waals surface area contributed by atoms with Gasteiger partial charge in [-0.05, 0) is 42.4 Å². The van der Waals surface area contributed by atoms with E-state index < -0.39 is 0 Å². The smallest absolute Gasteiger partial charge is 0.128 e. The van der Waals surface area contributed by atoms with Gasteiger partial charge < -0.3 is 11.1 Å². The average molecular weight is 222 g/mol. The number of rotatable bonds is 3. The summed E-state index contributed by atoms with van der Waals surface area (Å²) >= 11 is 0. The lowest BCUT2D eigenvalue weighted by Crippen LogP contribution is -2.09. The van der Waals surface area contributed by atoms with Crippen LogP contribution in [0.15, 0.2) is 12.1 Å². The van der Waals surface area contributed by atoms with Gasteiger partial charge in [0.25, 0.3) is 0 Å². The van der Waals surface area contributed by atoms with Gasteiger partial charge in [-0.3, -0.25) is 0 Å². The highest BCUT2D eigenvalue weighted by Gasteiger charge is 2.44.